The number of rotatable bonds is 5. The van der Waals surface area contributed by atoms with Gasteiger partial charge in [-0.2, -0.15) is 0 Å². The van der Waals surface area contributed by atoms with Crippen molar-refractivity contribution < 1.29 is 23.1 Å². The maximum Gasteiger partial charge on any atom is 0.307 e. The molecule has 2 N–H and O–H groups in total. The van der Waals surface area contributed by atoms with Crippen LogP contribution in [0.4, 0.5) is 5.69 Å². The van der Waals surface area contributed by atoms with Crippen LogP contribution < -0.4 is 5.32 Å². The normalized spacial score (nSPS) is 20.5. The molecule has 7 nitrogen and oxygen atoms in total. The van der Waals surface area contributed by atoms with Gasteiger partial charge in [0.05, 0.1) is 16.7 Å². The topological polar surface area (TPSA) is 104 Å². The Kier molecular flexibility index (Phi) is 5.64. The molecule has 25 heavy (non-hydrogen) atoms. The molecule has 0 aromatic heterocycles. The standard InChI is InChI=1S/C17H22N2O5S/c1-11-8-9-12(25(23,24)19(2)3)10-15(11)18-16(20)13-6-4-5-7-14(13)17(21)22/h4-5,8-10,13-14H,6-7H2,1-3H3,(H,18,20)(H,21,22)/t13-,14-/m0/s1. The third-order valence-corrected chi connectivity index (χ3v) is 6.14. The Morgan fingerprint density at radius 1 is 1.16 bits per heavy atom. The summed E-state index contributed by atoms with van der Waals surface area (Å²) in [5.74, 6) is -2.89. The van der Waals surface area contributed by atoms with Crippen molar-refractivity contribution in [1.82, 2.24) is 4.31 Å². The summed E-state index contributed by atoms with van der Waals surface area (Å²) in [6, 6.07) is 4.49. The second-order valence-corrected chi connectivity index (χ2v) is 8.40. The highest BCUT2D eigenvalue weighted by Gasteiger charge is 2.34. The number of carbonyl (C=O) groups is 2. The van der Waals surface area contributed by atoms with E-state index < -0.39 is 33.7 Å². The summed E-state index contributed by atoms with van der Waals surface area (Å²) in [6.07, 6.45) is 4.21. The van der Waals surface area contributed by atoms with Gasteiger partial charge in [-0.25, -0.2) is 12.7 Å². The van der Waals surface area contributed by atoms with Gasteiger partial charge in [-0.1, -0.05) is 18.2 Å². The third-order valence-electron chi connectivity index (χ3n) is 4.33. The first-order valence-electron chi connectivity index (χ1n) is 7.86. The van der Waals surface area contributed by atoms with Crippen LogP contribution in [0.2, 0.25) is 0 Å². The van der Waals surface area contributed by atoms with Gasteiger partial charge in [-0.05, 0) is 37.5 Å². The summed E-state index contributed by atoms with van der Waals surface area (Å²) in [5.41, 5.74) is 1.07. The van der Waals surface area contributed by atoms with E-state index in [9.17, 15) is 23.1 Å². The van der Waals surface area contributed by atoms with Gasteiger partial charge in [0.25, 0.3) is 0 Å². The monoisotopic (exact) mass is 366 g/mol. The number of allylic oxidation sites excluding steroid dienone is 2. The highest BCUT2D eigenvalue weighted by atomic mass is 32.2. The minimum atomic E-state index is -3.62. The highest BCUT2D eigenvalue weighted by molar-refractivity contribution is 7.89. The molecule has 0 radical (unpaired) electrons. The first-order valence-corrected chi connectivity index (χ1v) is 9.30. The number of hydrogen-bond donors (Lipinski definition) is 2. The van der Waals surface area contributed by atoms with Gasteiger partial charge in [0.1, 0.15) is 0 Å². The second kappa shape index (κ2) is 7.37. The molecule has 1 amide bonds. The summed E-state index contributed by atoms with van der Waals surface area (Å²) in [5, 5.41) is 12.0. The first kappa shape index (κ1) is 19.1. The number of nitrogens with one attached hydrogen (secondary N) is 1. The van der Waals surface area contributed by atoms with Crippen LogP contribution >= 0.6 is 0 Å². The third kappa shape index (κ3) is 4.08. The van der Waals surface area contributed by atoms with E-state index in [1.807, 2.05) is 0 Å². The number of aliphatic carboxylic acids is 1. The molecule has 0 saturated carbocycles. The fourth-order valence-electron chi connectivity index (χ4n) is 2.71. The molecular weight excluding hydrogens is 344 g/mol. The van der Waals surface area contributed by atoms with Crippen LogP contribution in [0.3, 0.4) is 0 Å². The zero-order valence-corrected chi connectivity index (χ0v) is 15.2. The number of carboxylic acids is 1. The molecule has 0 spiro atoms. The number of carboxylic acid groups (broad SMARTS) is 1. The van der Waals surface area contributed by atoms with E-state index in [-0.39, 0.29) is 4.90 Å². The number of carbonyl (C=O) groups excluding carboxylic acids is 1. The summed E-state index contributed by atoms with van der Waals surface area (Å²) in [7, 11) is -0.765. The molecule has 136 valence electrons. The van der Waals surface area contributed by atoms with Crippen LogP contribution in [-0.4, -0.2) is 43.8 Å². The zero-order chi connectivity index (χ0) is 18.8. The van der Waals surface area contributed by atoms with Crippen LogP contribution in [0.1, 0.15) is 18.4 Å². The summed E-state index contributed by atoms with van der Waals surface area (Å²) >= 11 is 0. The molecule has 0 fully saturated rings. The molecule has 0 saturated heterocycles. The molecule has 1 aromatic carbocycles. The van der Waals surface area contributed by atoms with Gasteiger partial charge in [-0.3, -0.25) is 9.59 Å². The number of nitrogens with zero attached hydrogens (tertiary/aromatic N) is 1. The highest BCUT2D eigenvalue weighted by Crippen LogP contribution is 2.28. The Morgan fingerprint density at radius 2 is 1.76 bits per heavy atom. The molecule has 0 aliphatic heterocycles. The maximum atomic E-state index is 12.6. The van der Waals surface area contributed by atoms with Gasteiger partial charge in [-0.15, -0.1) is 0 Å². The number of anilines is 1. The predicted molar refractivity (Wildman–Crippen MR) is 93.7 cm³/mol. The fourth-order valence-corrected chi connectivity index (χ4v) is 3.64. The molecular formula is C17H22N2O5S. The van der Waals surface area contributed by atoms with Gasteiger partial charge in [0.2, 0.25) is 15.9 Å². The van der Waals surface area contributed by atoms with Crippen LogP contribution in [0.25, 0.3) is 0 Å². The average Bonchev–Trinajstić information content (AvgIpc) is 2.56. The van der Waals surface area contributed by atoms with E-state index >= 15 is 0 Å². The molecule has 1 aromatic rings. The van der Waals surface area contributed by atoms with Crippen molar-refractivity contribution in [1.29, 1.82) is 0 Å². The van der Waals surface area contributed by atoms with Crippen molar-refractivity contribution in [3.8, 4) is 0 Å². The molecule has 1 aliphatic rings. The quantitative estimate of drug-likeness (QED) is 0.774. The zero-order valence-electron chi connectivity index (χ0n) is 14.4. The van der Waals surface area contributed by atoms with Crippen LogP contribution in [0.5, 0.6) is 0 Å². The fraction of sp³-hybridized carbons (Fsp3) is 0.412. The Morgan fingerprint density at radius 3 is 2.32 bits per heavy atom. The largest absolute Gasteiger partial charge is 0.481 e. The number of hydrogen-bond acceptors (Lipinski definition) is 4. The van der Waals surface area contributed by atoms with Crippen molar-refractivity contribution in [2.75, 3.05) is 19.4 Å². The van der Waals surface area contributed by atoms with Gasteiger partial charge >= 0.3 is 5.97 Å². The Labute approximate surface area is 147 Å². The van der Waals surface area contributed by atoms with E-state index in [1.54, 1.807) is 25.1 Å². The number of sulfonamides is 1. The molecule has 0 heterocycles. The van der Waals surface area contributed by atoms with E-state index in [2.05, 4.69) is 5.32 Å². The molecule has 8 heteroatoms. The van der Waals surface area contributed by atoms with Gasteiger partial charge in [0.15, 0.2) is 0 Å². The molecule has 1 aliphatic carbocycles. The molecule has 0 unspecified atom stereocenters. The van der Waals surface area contributed by atoms with Crippen molar-refractivity contribution >= 4 is 27.6 Å². The molecule has 0 bridgehead atoms. The minimum Gasteiger partial charge on any atom is -0.481 e. The van der Waals surface area contributed by atoms with Crippen molar-refractivity contribution in [2.24, 2.45) is 11.8 Å². The van der Waals surface area contributed by atoms with Gasteiger partial charge in [0, 0.05) is 19.8 Å². The summed E-state index contributed by atoms with van der Waals surface area (Å²) in [4.78, 5) is 24.0. The SMILES string of the molecule is Cc1ccc(S(=O)(=O)N(C)C)cc1NC(=O)[C@H]1CC=CC[C@@H]1C(=O)O. The molecule has 2 rings (SSSR count). The summed E-state index contributed by atoms with van der Waals surface area (Å²) < 4.78 is 25.6. The smallest absolute Gasteiger partial charge is 0.307 e. The number of aryl methyl sites for hydroxylation is 1. The van der Waals surface area contributed by atoms with Crippen molar-refractivity contribution in [3.63, 3.8) is 0 Å². The second-order valence-electron chi connectivity index (χ2n) is 6.25. The average molecular weight is 366 g/mol. The lowest BCUT2D eigenvalue weighted by Gasteiger charge is -2.24. The van der Waals surface area contributed by atoms with E-state index in [1.165, 1.54) is 26.2 Å². The first-order chi connectivity index (χ1) is 11.6. The van der Waals surface area contributed by atoms with Crippen LogP contribution in [0.15, 0.2) is 35.2 Å². The lowest BCUT2D eigenvalue weighted by atomic mass is 9.82. The Bertz CT molecular complexity index is 814. The van der Waals surface area contributed by atoms with E-state index in [0.29, 0.717) is 24.1 Å². The van der Waals surface area contributed by atoms with Crippen LogP contribution in [-0.2, 0) is 19.6 Å². The lowest BCUT2D eigenvalue weighted by molar-refractivity contribution is -0.146. The minimum absolute atomic E-state index is 0.0664. The van der Waals surface area contributed by atoms with Crippen molar-refractivity contribution in [2.45, 2.75) is 24.7 Å². The maximum absolute atomic E-state index is 12.6. The number of benzene rings is 1. The Balaban J connectivity index is 2.29. The summed E-state index contributed by atoms with van der Waals surface area (Å²) in [6.45, 7) is 1.75. The molecule has 2 atom stereocenters. The number of amides is 1. The Hall–Kier alpha value is -2.19. The van der Waals surface area contributed by atoms with Crippen LogP contribution in [0, 0.1) is 18.8 Å². The van der Waals surface area contributed by atoms with Gasteiger partial charge < -0.3 is 10.4 Å². The lowest BCUT2D eigenvalue weighted by Crippen LogP contribution is -2.35. The predicted octanol–water partition coefficient (Wildman–Crippen LogP) is 1.85. The van der Waals surface area contributed by atoms with E-state index in [0.717, 1.165) is 4.31 Å². The van der Waals surface area contributed by atoms with E-state index in [4.69, 9.17) is 0 Å². The van der Waals surface area contributed by atoms with Crippen molar-refractivity contribution in [3.05, 3.63) is 35.9 Å².